The Hall–Kier alpha value is -1.64. The molecule has 1 rings (SSSR count). The number of rotatable bonds is 1. The zero-order chi connectivity index (χ0) is 9.56. The number of hydrogen-bond donors (Lipinski definition) is 2. The van der Waals surface area contributed by atoms with Crippen molar-refractivity contribution in [1.82, 2.24) is 0 Å². The fourth-order valence-electron chi connectivity index (χ4n) is 0.796. The fraction of sp³-hybridized carbons (Fsp3) is 0.111. The molecule has 0 saturated heterocycles. The molecule has 1 aromatic carbocycles. The van der Waals surface area contributed by atoms with Crippen LogP contribution < -0.4 is 5.73 Å². The highest BCUT2D eigenvalue weighted by Crippen LogP contribution is 2.10. The number of nitrogens with one attached hydrogen (secondary N) is 1. The van der Waals surface area contributed by atoms with E-state index < -0.39 is 0 Å². The van der Waals surface area contributed by atoms with Crippen LogP contribution in [-0.2, 0) is 0 Å². The van der Waals surface area contributed by atoms with E-state index in [4.69, 9.17) is 11.1 Å². The van der Waals surface area contributed by atoms with E-state index in [2.05, 4.69) is 6.72 Å². The van der Waals surface area contributed by atoms with Gasteiger partial charge in [-0.3, -0.25) is 4.79 Å². The Labute approximate surface area is 71.7 Å². The average molecular weight is 164 g/mol. The minimum atomic E-state index is 0.542. The molecule has 0 atom stereocenters. The number of anilines is 1. The van der Waals surface area contributed by atoms with E-state index >= 15 is 0 Å². The van der Waals surface area contributed by atoms with Crippen LogP contribution in [0.4, 0.5) is 5.69 Å². The first-order valence-corrected chi connectivity index (χ1v) is 3.40. The third kappa shape index (κ3) is 2.54. The van der Waals surface area contributed by atoms with Crippen molar-refractivity contribution in [2.45, 2.75) is 6.92 Å². The van der Waals surface area contributed by atoms with Crippen LogP contribution in [0.15, 0.2) is 18.2 Å². The van der Waals surface area contributed by atoms with Crippen LogP contribution in [0, 0.1) is 12.3 Å². The molecule has 0 aromatic heterocycles. The van der Waals surface area contributed by atoms with Gasteiger partial charge in [-0.1, -0.05) is 11.6 Å². The third-order valence-corrected chi connectivity index (χ3v) is 1.37. The number of aldehydes is 1. The molecule has 0 heterocycles. The van der Waals surface area contributed by atoms with E-state index in [1.54, 1.807) is 12.1 Å². The molecular formula is C9H12N2O. The predicted octanol–water partition coefficient (Wildman–Crippen LogP) is 1.66. The van der Waals surface area contributed by atoms with Gasteiger partial charge in [-0.15, -0.1) is 0 Å². The zero-order valence-corrected chi connectivity index (χ0v) is 7.00. The number of hydrogen-bond acceptors (Lipinski definition) is 3. The van der Waals surface area contributed by atoms with E-state index in [0.29, 0.717) is 11.3 Å². The summed E-state index contributed by atoms with van der Waals surface area (Å²) in [6.07, 6.45) is 0.766. The molecule has 3 heteroatoms. The first-order valence-electron chi connectivity index (χ1n) is 3.40. The maximum absolute atomic E-state index is 10.3. The van der Waals surface area contributed by atoms with Crippen molar-refractivity contribution in [3.63, 3.8) is 0 Å². The molecule has 0 unspecified atom stereocenters. The van der Waals surface area contributed by atoms with Gasteiger partial charge in [-0.2, -0.15) is 0 Å². The van der Waals surface area contributed by atoms with Crippen molar-refractivity contribution in [2.24, 2.45) is 0 Å². The van der Waals surface area contributed by atoms with Gasteiger partial charge in [-0.25, -0.2) is 0 Å². The Kier molecular flexibility index (Phi) is 4.38. The van der Waals surface area contributed by atoms with Crippen molar-refractivity contribution in [3.05, 3.63) is 29.3 Å². The third-order valence-electron chi connectivity index (χ3n) is 1.37. The molecule has 0 bridgehead atoms. The number of nitrogens with two attached hydrogens (primary N) is 1. The summed E-state index contributed by atoms with van der Waals surface area (Å²) in [6.45, 7) is 4.42. The van der Waals surface area contributed by atoms with Crippen LogP contribution >= 0.6 is 0 Å². The lowest BCUT2D eigenvalue weighted by molar-refractivity contribution is 0.112. The van der Waals surface area contributed by atoms with Gasteiger partial charge >= 0.3 is 0 Å². The highest BCUT2D eigenvalue weighted by Gasteiger charge is 1.94. The standard InChI is InChI=1S/C8H9NO.CH3N/c1-6-2-3-8(9)7(4-6)5-10;1-2/h2-5H,9H2,1H3;2H,1H2. The van der Waals surface area contributed by atoms with Crippen LogP contribution in [0.2, 0.25) is 0 Å². The monoisotopic (exact) mass is 164 g/mol. The highest BCUT2D eigenvalue weighted by atomic mass is 16.1. The van der Waals surface area contributed by atoms with Gasteiger partial charge in [-0.05, 0) is 25.8 Å². The zero-order valence-electron chi connectivity index (χ0n) is 7.00. The number of carbonyl (C=O) groups excluding carboxylic acids is 1. The minimum Gasteiger partial charge on any atom is -0.398 e. The van der Waals surface area contributed by atoms with Crippen LogP contribution in [0.5, 0.6) is 0 Å². The Morgan fingerprint density at radius 2 is 2.08 bits per heavy atom. The topological polar surface area (TPSA) is 66.9 Å². The lowest BCUT2D eigenvalue weighted by Crippen LogP contribution is -1.92. The van der Waals surface area contributed by atoms with Crippen LogP contribution in [-0.4, -0.2) is 13.0 Å². The van der Waals surface area contributed by atoms with Crippen molar-refractivity contribution in [3.8, 4) is 0 Å². The average Bonchev–Trinajstić information content (AvgIpc) is 2.13. The van der Waals surface area contributed by atoms with Gasteiger partial charge in [0.05, 0.1) is 0 Å². The summed E-state index contributed by atoms with van der Waals surface area (Å²) in [5.41, 5.74) is 7.63. The summed E-state index contributed by atoms with van der Waals surface area (Å²) in [5, 5.41) is 5.50. The Bertz CT molecular complexity index is 271. The molecule has 0 amide bonds. The fourth-order valence-corrected chi connectivity index (χ4v) is 0.796. The van der Waals surface area contributed by atoms with Crippen LogP contribution in [0.1, 0.15) is 15.9 Å². The molecule has 12 heavy (non-hydrogen) atoms. The minimum absolute atomic E-state index is 0.542. The molecule has 0 aliphatic rings. The lowest BCUT2D eigenvalue weighted by Gasteiger charge is -1.97. The van der Waals surface area contributed by atoms with Gasteiger partial charge in [0.1, 0.15) is 0 Å². The van der Waals surface area contributed by atoms with Gasteiger partial charge in [0, 0.05) is 11.3 Å². The smallest absolute Gasteiger partial charge is 0.152 e. The van der Waals surface area contributed by atoms with E-state index in [0.717, 1.165) is 11.8 Å². The van der Waals surface area contributed by atoms with Crippen molar-refractivity contribution >= 4 is 18.7 Å². The van der Waals surface area contributed by atoms with Crippen molar-refractivity contribution < 1.29 is 4.79 Å². The molecule has 64 valence electrons. The summed E-state index contributed by atoms with van der Waals surface area (Å²) >= 11 is 0. The Morgan fingerprint density at radius 1 is 1.50 bits per heavy atom. The number of nitrogen functional groups attached to an aromatic ring is 1. The SMILES string of the molecule is C=N.Cc1ccc(N)c(C=O)c1. The lowest BCUT2D eigenvalue weighted by atomic mass is 10.1. The maximum atomic E-state index is 10.3. The Morgan fingerprint density at radius 3 is 2.50 bits per heavy atom. The molecule has 0 fully saturated rings. The van der Waals surface area contributed by atoms with Crippen molar-refractivity contribution in [2.75, 3.05) is 5.73 Å². The number of benzene rings is 1. The first-order chi connectivity index (χ1) is 5.74. The van der Waals surface area contributed by atoms with Crippen molar-refractivity contribution in [1.29, 1.82) is 5.41 Å². The predicted molar refractivity (Wildman–Crippen MR) is 50.8 cm³/mol. The first kappa shape index (κ1) is 10.4. The second-order valence-corrected chi connectivity index (χ2v) is 2.25. The number of aryl methyl sites for hydroxylation is 1. The second-order valence-electron chi connectivity index (χ2n) is 2.25. The molecule has 3 N–H and O–H groups in total. The quantitative estimate of drug-likeness (QED) is 0.376. The van der Waals surface area contributed by atoms with Crippen LogP contribution in [0.3, 0.4) is 0 Å². The van der Waals surface area contributed by atoms with Gasteiger partial charge in [0.2, 0.25) is 0 Å². The molecule has 0 radical (unpaired) electrons. The second kappa shape index (κ2) is 5.07. The largest absolute Gasteiger partial charge is 0.398 e. The molecular weight excluding hydrogens is 152 g/mol. The Balaban J connectivity index is 0.000000561. The summed E-state index contributed by atoms with van der Waals surface area (Å²) in [5.74, 6) is 0. The number of carbonyl (C=O) groups is 1. The summed E-state index contributed by atoms with van der Waals surface area (Å²) in [7, 11) is 0. The summed E-state index contributed by atoms with van der Waals surface area (Å²) in [6, 6.07) is 5.38. The van der Waals surface area contributed by atoms with E-state index in [1.807, 2.05) is 13.0 Å². The molecule has 0 spiro atoms. The van der Waals surface area contributed by atoms with Gasteiger partial charge < -0.3 is 11.1 Å². The highest BCUT2D eigenvalue weighted by molar-refractivity contribution is 5.83. The molecule has 3 nitrogen and oxygen atoms in total. The normalized spacial score (nSPS) is 8.08. The van der Waals surface area contributed by atoms with Gasteiger partial charge in [0.15, 0.2) is 6.29 Å². The maximum Gasteiger partial charge on any atom is 0.152 e. The summed E-state index contributed by atoms with van der Waals surface area (Å²) < 4.78 is 0. The molecule has 1 aromatic rings. The van der Waals surface area contributed by atoms with E-state index in [1.165, 1.54) is 0 Å². The molecule has 0 saturated carbocycles. The molecule has 0 aliphatic heterocycles. The van der Waals surface area contributed by atoms with Gasteiger partial charge in [0.25, 0.3) is 0 Å². The van der Waals surface area contributed by atoms with Crippen LogP contribution in [0.25, 0.3) is 0 Å². The van der Waals surface area contributed by atoms with E-state index in [-0.39, 0.29) is 0 Å². The van der Waals surface area contributed by atoms with E-state index in [9.17, 15) is 4.79 Å². The summed E-state index contributed by atoms with van der Waals surface area (Å²) in [4.78, 5) is 10.3. The molecule has 0 aliphatic carbocycles.